The average Bonchev–Trinajstić information content (AvgIpc) is 3.50. The number of rotatable bonds is 9. The van der Waals surface area contributed by atoms with Crippen molar-refractivity contribution >= 4 is 40.3 Å². The Morgan fingerprint density at radius 2 is 1.79 bits per heavy atom. The molecule has 6 rings (SSSR count). The highest BCUT2D eigenvalue weighted by Gasteiger charge is 2.69. The number of piperidine rings is 1. The number of fused-ring (bicyclic) bond motifs is 2. The molecule has 2 aliphatic heterocycles. The SMILES string of the molecule is CC1(C)[C@@H]2[C@@H](C(=O)N[C@@H](C[C@@H]3CCNC3=O)C(=O)C(=O)NCc3ccccc3)N(C(=O)c3cc4ccccc4[nH]3)C[C@@H]21. The van der Waals surface area contributed by atoms with Crippen molar-refractivity contribution in [2.45, 2.75) is 45.3 Å². The van der Waals surface area contributed by atoms with Crippen molar-refractivity contribution in [1.29, 1.82) is 0 Å². The van der Waals surface area contributed by atoms with Gasteiger partial charge in [0.05, 0.1) is 6.04 Å². The van der Waals surface area contributed by atoms with Gasteiger partial charge in [-0.15, -0.1) is 0 Å². The smallest absolute Gasteiger partial charge is 0.289 e. The molecule has 5 atom stereocenters. The minimum atomic E-state index is -1.20. The maximum absolute atomic E-state index is 14.0. The van der Waals surface area contributed by atoms with E-state index in [0.717, 1.165) is 16.5 Å². The Morgan fingerprint density at radius 1 is 1.05 bits per heavy atom. The van der Waals surface area contributed by atoms with Crippen molar-refractivity contribution in [3.05, 3.63) is 71.9 Å². The van der Waals surface area contributed by atoms with E-state index in [1.807, 2.05) is 54.6 Å². The number of carbonyl (C=O) groups excluding carboxylic acids is 5. The number of benzene rings is 2. The highest BCUT2D eigenvalue weighted by molar-refractivity contribution is 6.38. The lowest BCUT2D eigenvalue weighted by atomic mass is 9.94. The quantitative estimate of drug-likeness (QED) is 0.293. The van der Waals surface area contributed by atoms with Crippen LogP contribution in [0, 0.1) is 23.2 Å². The number of hydrogen-bond acceptors (Lipinski definition) is 5. The summed E-state index contributed by atoms with van der Waals surface area (Å²) in [7, 11) is 0. The van der Waals surface area contributed by atoms with Gasteiger partial charge in [-0.2, -0.15) is 0 Å². The van der Waals surface area contributed by atoms with Crippen LogP contribution in [0.15, 0.2) is 60.7 Å². The van der Waals surface area contributed by atoms with E-state index in [1.165, 1.54) is 0 Å². The normalized spacial score (nSPS) is 24.5. The van der Waals surface area contributed by atoms with Crippen molar-refractivity contribution < 1.29 is 24.0 Å². The number of likely N-dealkylation sites (tertiary alicyclic amines) is 1. The second kappa shape index (κ2) is 10.7. The molecule has 42 heavy (non-hydrogen) atoms. The number of Topliss-reactive ketones (excluding diaryl/α,β-unsaturated/α-hetero) is 1. The molecule has 2 aromatic carbocycles. The summed E-state index contributed by atoms with van der Waals surface area (Å²) in [5.41, 5.74) is 1.91. The third-order valence-corrected chi connectivity index (χ3v) is 9.33. The van der Waals surface area contributed by atoms with Crippen LogP contribution >= 0.6 is 0 Å². The predicted octanol–water partition coefficient (Wildman–Crippen LogP) is 2.16. The summed E-state index contributed by atoms with van der Waals surface area (Å²) in [6.07, 6.45) is 0.519. The second-order valence-corrected chi connectivity index (χ2v) is 12.2. The summed E-state index contributed by atoms with van der Waals surface area (Å²) in [6.45, 7) is 5.21. The summed E-state index contributed by atoms with van der Waals surface area (Å²) in [5.74, 6) is -3.04. The Labute approximate surface area is 243 Å². The van der Waals surface area contributed by atoms with Gasteiger partial charge in [-0.3, -0.25) is 24.0 Å². The summed E-state index contributed by atoms with van der Waals surface area (Å²) < 4.78 is 0. The van der Waals surface area contributed by atoms with Crippen LogP contribution in [0.25, 0.3) is 10.9 Å². The van der Waals surface area contributed by atoms with Crippen LogP contribution in [0.3, 0.4) is 0 Å². The zero-order valence-electron chi connectivity index (χ0n) is 23.7. The van der Waals surface area contributed by atoms with E-state index < -0.39 is 35.6 Å². The standard InChI is InChI=1S/C32H35N5O5/c1-32(2)21-17-37(31(42)24-14-19-10-6-7-11-22(19)35-24)26(25(21)32)29(40)36-23(15-20-12-13-33-28(20)39)27(38)30(41)34-16-18-8-4-3-5-9-18/h3-11,14,20-21,23,25-26,35H,12-13,15-17H2,1-2H3,(H,33,39)(H,34,41)(H,36,40)/t20-,21-,23-,25-,26-/m0/s1. The molecular formula is C32H35N5O5. The number of nitrogens with zero attached hydrogens (tertiary/aromatic N) is 1. The number of H-pyrrole nitrogens is 1. The van der Waals surface area contributed by atoms with Gasteiger partial charge in [0.25, 0.3) is 11.8 Å². The van der Waals surface area contributed by atoms with Crippen molar-refractivity contribution in [3.63, 3.8) is 0 Å². The number of ketones is 1. The fourth-order valence-corrected chi connectivity index (χ4v) is 6.81. The lowest BCUT2D eigenvalue weighted by Crippen LogP contribution is -2.55. The van der Waals surface area contributed by atoms with Crippen molar-refractivity contribution in [1.82, 2.24) is 25.8 Å². The second-order valence-electron chi connectivity index (χ2n) is 12.2. The van der Waals surface area contributed by atoms with Crippen molar-refractivity contribution in [2.24, 2.45) is 23.2 Å². The van der Waals surface area contributed by atoms with Crippen LogP contribution in [-0.4, -0.2) is 64.5 Å². The number of aromatic amines is 1. The Hall–Kier alpha value is -4.47. The zero-order chi connectivity index (χ0) is 29.6. The molecule has 3 aromatic rings. The molecule has 10 nitrogen and oxygen atoms in total. The number of nitrogens with one attached hydrogen (secondary N) is 4. The van der Waals surface area contributed by atoms with Crippen molar-refractivity contribution in [3.8, 4) is 0 Å². The number of aromatic nitrogens is 1. The first kappa shape index (κ1) is 27.7. The minimum Gasteiger partial charge on any atom is -0.356 e. The van der Waals surface area contributed by atoms with Gasteiger partial charge in [0.15, 0.2) is 0 Å². The average molecular weight is 570 g/mol. The molecule has 3 heterocycles. The summed E-state index contributed by atoms with van der Waals surface area (Å²) in [5, 5.41) is 9.10. The monoisotopic (exact) mass is 569 g/mol. The van der Waals surface area contributed by atoms with Gasteiger partial charge in [0, 0.05) is 36.5 Å². The van der Waals surface area contributed by atoms with Crippen molar-refractivity contribution in [2.75, 3.05) is 13.1 Å². The Kier molecular flexibility index (Phi) is 7.08. The third kappa shape index (κ3) is 5.06. The van der Waals surface area contributed by atoms with Gasteiger partial charge in [0.2, 0.25) is 17.6 Å². The third-order valence-electron chi connectivity index (χ3n) is 9.33. The summed E-state index contributed by atoms with van der Waals surface area (Å²) >= 11 is 0. The molecule has 0 spiro atoms. The van der Waals surface area contributed by atoms with Gasteiger partial charge in [-0.25, -0.2) is 0 Å². The zero-order valence-corrected chi connectivity index (χ0v) is 23.7. The molecule has 1 aliphatic carbocycles. The molecule has 218 valence electrons. The van der Waals surface area contributed by atoms with Crippen LogP contribution < -0.4 is 16.0 Å². The summed E-state index contributed by atoms with van der Waals surface area (Å²) in [4.78, 5) is 71.2. The van der Waals surface area contributed by atoms with Crippen LogP contribution in [0.2, 0.25) is 0 Å². The number of amides is 4. The van der Waals surface area contributed by atoms with Crippen LogP contribution in [0.1, 0.15) is 42.7 Å². The maximum atomic E-state index is 14.0. The highest BCUT2D eigenvalue weighted by atomic mass is 16.2. The predicted molar refractivity (Wildman–Crippen MR) is 155 cm³/mol. The molecular weight excluding hydrogens is 534 g/mol. The van der Waals surface area contributed by atoms with Crippen LogP contribution in [0.4, 0.5) is 0 Å². The van der Waals surface area contributed by atoms with E-state index >= 15 is 0 Å². The number of hydrogen-bond donors (Lipinski definition) is 4. The molecule has 3 aliphatic rings. The lowest BCUT2D eigenvalue weighted by molar-refractivity contribution is -0.141. The Morgan fingerprint density at radius 3 is 2.50 bits per heavy atom. The maximum Gasteiger partial charge on any atom is 0.289 e. The summed E-state index contributed by atoms with van der Waals surface area (Å²) in [6, 6.07) is 16.6. The molecule has 3 fully saturated rings. The van der Waals surface area contributed by atoms with E-state index in [2.05, 4.69) is 34.8 Å². The lowest BCUT2D eigenvalue weighted by Gasteiger charge is -2.31. The fourth-order valence-electron chi connectivity index (χ4n) is 6.81. The number of para-hydroxylation sites is 1. The fraction of sp³-hybridized carbons (Fsp3) is 0.406. The van der Waals surface area contributed by atoms with Crippen LogP contribution in [0.5, 0.6) is 0 Å². The molecule has 1 aromatic heterocycles. The van der Waals surface area contributed by atoms with Gasteiger partial charge in [-0.05, 0) is 47.8 Å². The molecule has 0 unspecified atom stereocenters. The van der Waals surface area contributed by atoms with Gasteiger partial charge in [-0.1, -0.05) is 62.4 Å². The van der Waals surface area contributed by atoms with E-state index in [1.54, 1.807) is 11.0 Å². The Balaban J connectivity index is 1.22. The molecule has 4 amide bonds. The number of carbonyl (C=O) groups is 5. The van der Waals surface area contributed by atoms with E-state index in [0.29, 0.717) is 25.2 Å². The first-order valence-electron chi connectivity index (χ1n) is 14.5. The topological polar surface area (TPSA) is 140 Å². The minimum absolute atomic E-state index is 0.00926. The molecule has 4 N–H and O–H groups in total. The van der Waals surface area contributed by atoms with E-state index in [9.17, 15) is 24.0 Å². The first-order valence-corrected chi connectivity index (χ1v) is 14.5. The first-order chi connectivity index (χ1) is 20.1. The van der Waals surface area contributed by atoms with Gasteiger partial charge >= 0.3 is 0 Å². The van der Waals surface area contributed by atoms with E-state index in [4.69, 9.17) is 0 Å². The highest BCUT2D eigenvalue weighted by Crippen LogP contribution is 2.65. The molecule has 0 radical (unpaired) electrons. The van der Waals surface area contributed by atoms with Gasteiger partial charge < -0.3 is 25.8 Å². The molecule has 1 saturated carbocycles. The van der Waals surface area contributed by atoms with E-state index in [-0.39, 0.29) is 42.0 Å². The molecule has 2 saturated heterocycles. The van der Waals surface area contributed by atoms with Gasteiger partial charge in [0.1, 0.15) is 11.7 Å². The molecule has 0 bridgehead atoms. The van der Waals surface area contributed by atoms with Crippen LogP contribution in [-0.2, 0) is 25.7 Å². The Bertz CT molecular complexity index is 1530. The largest absolute Gasteiger partial charge is 0.356 e. The molecule has 10 heteroatoms.